The summed E-state index contributed by atoms with van der Waals surface area (Å²) in [5.41, 5.74) is 0. The van der Waals surface area contributed by atoms with E-state index in [1.807, 2.05) is 16.7 Å². The number of ether oxygens (including phenoxy) is 1. The largest absolute Gasteiger partial charge is 0.480 e. The zero-order chi connectivity index (χ0) is 11.1. The molecule has 1 fully saturated rings. The van der Waals surface area contributed by atoms with E-state index in [4.69, 9.17) is 9.84 Å². The van der Waals surface area contributed by atoms with Gasteiger partial charge in [-0.15, -0.1) is 0 Å². The van der Waals surface area contributed by atoms with Gasteiger partial charge >= 0.3 is 5.97 Å². The van der Waals surface area contributed by atoms with Gasteiger partial charge < -0.3 is 9.84 Å². The first-order valence-electron chi connectivity index (χ1n) is 5.29. The van der Waals surface area contributed by atoms with Crippen molar-refractivity contribution in [1.82, 2.24) is 4.90 Å². The van der Waals surface area contributed by atoms with E-state index in [9.17, 15) is 4.79 Å². The number of unbranched alkanes of at least 4 members (excludes halogenated alkanes) is 1. The Morgan fingerprint density at radius 2 is 2.40 bits per heavy atom. The van der Waals surface area contributed by atoms with E-state index in [1.54, 1.807) is 0 Å². The molecule has 1 saturated heterocycles. The molecule has 0 saturated carbocycles. The van der Waals surface area contributed by atoms with E-state index in [1.165, 1.54) is 0 Å². The van der Waals surface area contributed by atoms with E-state index in [-0.39, 0.29) is 0 Å². The Morgan fingerprint density at radius 1 is 1.60 bits per heavy atom. The van der Waals surface area contributed by atoms with Gasteiger partial charge in [0.25, 0.3) is 0 Å². The molecular formula is C10H19NO3S. The highest BCUT2D eigenvalue weighted by Crippen LogP contribution is 2.09. The first-order chi connectivity index (χ1) is 7.25. The van der Waals surface area contributed by atoms with Crippen LogP contribution in [0.15, 0.2) is 0 Å². The molecule has 15 heavy (non-hydrogen) atoms. The Labute approximate surface area is 95.0 Å². The van der Waals surface area contributed by atoms with E-state index >= 15 is 0 Å². The van der Waals surface area contributed by atoms with Crippen molar-refractivity contribution in [3.63, 3.8) is 0 Å². The minimum absolute atomic E-state index is 0.331. The van der Waals surface area contributed by atoms with Gasteiger partial charge in [-0.1, -0.05) is 0 Å². The van der Waals surface area contributed by atoms with Gasteiger partial charge in [0.15, 0.2) is 0 Å². The average Bonchev–Trinajstić information content (AvgIpc) is 2.25. The molecule has 1 aliphatic heterocycles. The number of thioether (sulfide) groups is 1. The van der Waals surface area contributed by atoms with Crippen LogP contribution >= 0.6 is 11.8 Å². The topological polar surface area (TPSA) is 49.8 Å². The predicted molar refractivity (Wildman–Crippen MR) is 61.4 cm³/mol. The first-order valence-corrected chi connectivity index (χ1v) is 6.68. The molecule has 0 aromatic carbocycles. The van der Waals surface area contributed by atoms with Gasteiger partial charge in [0.1, 0.15) is 6.04 Å². The van der Waals surface area contributed by atoms with Crippen LogP contribution in [0.2, 0.25) is 0 Å². The number of hydrogen-bond donors (Lipinski definition) is 1. The van der Waals surface area contributed by atoms with Crippen LogP contribution in [0.1, 0.15) is 12.8 Å². The molecule has 5 heteroatoms. The Hall–Kier alpha value is -0.260. The van der Waals surface area contributed by atoms with Crippen LogP contribution in [0.25, 0.3) is 0 Å². The van der Waals surface area contributed by atoms with Crippen LogP contribution in [0.4, 0.5) is 0 Å². The third kappa shape index (κ3) is 4.40. The number of hydrogen-bond acceptors (Lipinski definition) is 4. The highest BCUT2D eigenvalue weighted by molar-refractivity contribution is 7.98. The molecule has 0 spiro atoms. The number of nitrogens with zero attached hydrogens (tertiary/aromatic N) is 1. The fourth-order valence-corrected chi connectivity index (χ4v) is 2.19. The van der Waals surface area contributed by atoms with Gasteiger partial charge in [0.05, 0.1) is 13.2 Å². The van der Waals surface area contributed by atoms with E-state index < -0.39 is 12.0 Å². The molecule has 4 nitrogen and oxygen atoms in total. The number of carbonyl (C=O) groups is 1. The highest BCUT2D eigenvalue weighted by atomic mass is 32.2. The van der Waals surface area contributed by atoms with E-state index in [2.05, 4.69) is 6.26 Å². The summed E-state index contributed by atoms with van der Waals surface area (Å²) < 4.78 is 5.17. The van der Waals surface area contributed by atoms with Crippen molar-refractivity contribution in [2.45, 2.75) is 18.9 Å². The van der Waals surface area contributed by atoms with Crippen molar-refractivity contribution in [1.29, 1.82) is 0 Å². The van der Waals surface area contributed by atoms with Crippen molar-refractivity contribution in [3.05, 3.63) is 0 Å². The van der Waals surface area contributed by atoms with Gasteiger partial charge in [0, 0.05) is 6.54 Å². The zero-order valence-electron chi connectivity index (χ0n) is 9.15. The second kappa shape index (κ2) is 7.09. The fourth-order valence-electron chi connectivity index (χ4n) is 1.69. The Balaban J connectivity index is 2.26. The molecule has 1 N–H and O–H groups in total. The van der Waals surface area contributed by atoms with Crippen molar-refractivity contribution in [2.75, 3.05) is 38.3 Å². The third-order valence-electron chi connectivity index (χ3n) is 2.57. The van der Waals surface area contributed by atoms with Gasteiger partial charge in [-0.25, -0.2) is 0 Å². The smallest absolute Gasteiger partial charge is 0.323 e. The summed E-state index contributed by atoms with van der Waals surface area (Å²) >= 11 is 1.84. The molecule has 0 amide bonds. The van der Waals surface area contributed by atoms with Crippen LogP contribution in [0.3, 0.4) is 0 Å². The maximum Gasteiger partial charge on any atom is 0.323 e. The van der Waals surface area contributed by atoms with Crippen molar-refractivity contribution < 1.29 is 14.6 Å². The van der Waals surface area contributed by atoms with Gasteiger partial charge in [-0.3, -0.25) is 9.69 Å². The molecule has 1 heterocycles. The molecule has 0 radical (unpaired) electrons. The fraction of sp³-hybridized carbons (Fsp3) is 0.900. The van der Waals surface area contributed by atoms with Crippen LogP contribution in [0.5, 0.6) is 0 Å². The molecule has 0 aromatic rings. The molecule has 0 bridgehead atoms. The number of rotatable bonds is 6. The number of carboxylic acid groups (broad SMARTS) is 1. The summed E-state index contributed by atoms with van der Waals surface area (Å²) in [6, 6.07) is -0.437. The highest BCUT2D eigenvalue weighted by Gasteiger charge is 2.28. The predicted octanol–water partition coefficient (Wildman–Crippen LogP) is 0.915. The second-order valence-corrected chi connectivity index (χ2v) is 4.65. The van der Waals surface area contributed by atoms with Crippen LogP contribution in [-0.4, -0.2) is 60.3 Å². The summed E-state index contributed by atoms with van der Waals surface area (Å²) in [6.45, 7) is 2.61. The summed E-state index contributed by atoms with van der Waals surface area (Å²) in [4.78, 5) is 12.9. The monoisotopic (exact) mass is 233 g/mol. The van der Waals surface area contributed by atoms with E-state index in [0.717, 1.165) is 31.7 Å². The first kappa shape index (κ1) is 12.8. The van der Waals surface area contributed by atoms with Crippen LogP contribution in [0, 0.1) is 0 Å². The lowest BCUT2D eigenvalue weighted by Gasteiger charge is -2.32. The molecule has 88 valence electrons. The molecule has 1 atom stereocenters. The molecule has 1 unspecified atom stereocenters. The summed E-state index contributed by atoms with van der Waals surface area (Å²) in [7, 11) is 0. The Bertz CT molecular complexity index is 201. The number of carboxylic acids is 1. The molecular weight excluding hydrogens is 214 g/mol. The SMILES string of the molecule is CSCCCCN1CCOCC1C(=O)O. The zero-order valence-corrected chi connectivity index (χ0v) is 9.96. The maximum atomic E-state index is 10.9. The van der Waals surface area contributed by atoms with E-state index in [0.29, 0.717) is 13.2 Å². The van der Waals surface area contributed by atoms with Gasteiger partial charge in [-0.2, -0.15) is 11.8 Å². The standard InChI is InChI=1S/C10H19NO3S/c1-15-7-3-2-4-11-5-6-14-8-9(11)10(12)13/h9H,2-8H2,1H3,(H,12,13). The molecule has 0 aliphatic carbocycles. The number of morpholine rings is 1. The summed E-state index contributed by atoms with van der Waals surface area (Å²) in [5.74, 6) is 0.391. The Morgan fingerprint density at radius 3 is 3.07 bits per heavy atom. The molecule has 1 aliphatic rings. The van der Waals surface area contributed by atoms with Gasteiger partial charge in [-0.05, 0) is 31.4 Å². The number of aliphatic carboxylic acids is 1. The lowest BCUT2D eigenvalue weighted by atomic mass is 10.2. The lowest BCUT2D eigenvalue weighted by molar-refractivity contribution is -0.149. The molecule has 0 aromatic heterocycles. The summed E-state index contributed by atoms with van der Waals surface area (Å²) in [5, 5.41) is 8.99. The van der Waals surface area contributed by atoms with Crippen LogP contribution in [-0.2, 0) is 9.53 Å². The normalized spacial score (nSPS) is 22.9. The minimum Gasteiger partial charge on any atom is -0.480 e. The van der Waals surface area contributed by atoms with Crippen molar-refractivity contribution >= 4 is 17.7 Å². The van der Waals surface area contributed by atoms with Crippen molar-refractivity contribution in [2.24, 2.45) is 0 Å². The van der Waals surface area contributed by atoms with Crippen LogP contribution < -0.4 is 0 Å². The molecule has 1 rings (SSSR count). The quantitative estimate of drug-likeness (QED) is 0.691. The van der Waals surface area contributed by atoms with Crippen molar-refractivity contribution in [3.8, 4) is 0 Å². The lowest BCUT2D eigenvalue weighted by Crippen LogP contribution is -2.50. The third-order valence-corrected chi connectivity index (χ3v) is 3.27. The van der Waals surface area contributed by atoms with Gasteiger partial charge in [0.2, 0.25) is 0 Å². The second-order valence-electron chi connectivity index (χ2n) is 3.66. The minimum atomic E-state index is -0.764. The Kier molecular flexibility index (Phi) is 6.05. The summed E-state index contributed by atoms with van der Waals surface area (Å²) in [6.07, 6.45) is 4.32. The average molecular weight is 233 g/mol. The maximum absolute atomic E-state index is 10.9.